The van der Waals surface area contributed by atoms with E-state index >= 15 is 0 Å². The largest absolute Gasteiger partial charge is 0.367 e. The van der Waals surface area contributed by atoms with Gasteiger partial charge in [0.25, 0.3) is 0 Å². The van der Waals surface area contributed by atoms with Crippen molar-refractivity contribution < 1.29 is 0 Å². The molecule has 7 nitrogen and oxygen atoms in total. The van der Waals surface area contributed by atoms with Crippen LogP contribution in [0.5, 0.6) is 0 Å². The minimum Gasteiger partial charge on any atom is -0.367 e. The molecule has 2 heterocycles. The van der Waals surface area contributed by atoms with Gasteiger partial charge in [0.1, 0.15) is 5.82 Å². The highest BCUT2D eigenvalue weighted by atomic mass is 15.6. The van der Waals surface area contributed by atoms with Gasteiger partial charge in [-0.1, -0.05) is 26.7 Å². The lowest BCUT2D eigenvalue weighted by molar-refractivity contribution is 0.210. The summed E-state index contributed by atoms with van der Waals surface area (Å²) >= 11 is 0. The van der Waals surface area contributed by atoms with Crippen molar-refractivity contribution >= 4 is 11.5 Å². The Hall–Kier alpha value is -1.76. The maximum atomic E-state index is 4.33. The van der Waals surface area contributed by atoms with Gasteiger partial charge in [0.2, 0.25) is 0 Å². The number of rotatable bonds is 7. The summed E-state index contributed by atoms with van der Waals surface area (Å²) in [5, 5.41) is 18.9. The molecular weight excluding hydrogens is 254 g/mol. The molecule has 2 rings (SSSR count). The first-order valence-corrected chi connectivity index (χ1v) is 7.11. The second kappa shape index (κ2) is 6.60. The van der Waals surface area contributed by atoms with E-state index in [2.05, 4.69) is 58.8 Å². The van der Waals surface area contributed by atoms with Crippen LogP contribution in [0.2, 0.25) is 0 Å². The monoisotopic (exact) mass is 277 g/mol. The van der Waals surface area contributed by atoms with Gasteiger partial charge < -0.3 is 10.2 Å². The van der Waals surface area contributed by atoms with Crippen LogP contribution in [-0.4, -0.2) is 56.8 Å². The highest BCUT2D eigenvalue weighted by Crippen LogP contribution is 2.17. The molecule has 0 aromatic carbocycles. The number of fused-ring (bicyclic) bond motifs is 1. The molecule has 0 fully saturated rings. The molecule has 2 aromatic heterocycles. The topological polar surface area (TPSA) is 71.2 Å². The van der Waals surface area contributed by atoms with Crippen molar-refractivity contribution in [3.63, 3.8) is 0 Å². The van der Waals surface area contributed by atoms with Crippen molar-refractivity contribution in [1.82, 2.24) is 30.2 Å². The number of hydrogen-bond donors (Lipinski definition) is 1. The maximum absolute atomic E-state index is 4.33. The number of tetrazole rings is 1. The van der Waals surface area contributed by atoms with Crippen LogP contribution in [0.25, 0.3) is 5.65 Å². The summed E-state index contributed by atoms with van der Waals surface area (Å²) in [5.41, 5.74) is 0.653. The van der Waals surface area contributed by atoms with Crippen molar-refractivity contribution in [2.75, 3.05) is 26.0 Å². The fraction of sp³-hybridized carbons (Fsp3) is 0.692. The number of nitrogens with one attached hydrogen (secondary N) is 1. The number of aromatic nitrogens is 5. The maximum Gasteiger partial charge on any atom is 0.200 e. The van der Waals surface area contributed by atoms with Gasteiger partial charge in [0.15, 0.2) is 5.65 Å². The molecular formula is C13H23N7. The molecule has 110 valence electrons. The minimum absolute atomic E-state index is 0.483. The van der Waals surface area contributed by atoms with E-state index in [9.17, 15) is 0 Å². The molecule has 1 N–H and O–H groups in total. The van der Waals surface area contributed by atoms with Crippen molar-refractivity contribution in [2.24, 2.45) is 5.92 Å². The predicted molar refractivity (Wildman–Crippen MR) is 78.6 cm³/mol. The van der Waals surface area contributed by atoms with E-state index in [4.69, 9.17) is 0 Å². The van der Waals surface area contributed by atoms with Crippen LogP contribution in [0.4, 0.5) is 5.82 Å². The lowest BCUT2D eigenvalue weighted by Crippen LogP contribution is -2.40. The summed E-state index contributed by atoms with van der Waals surface area (Å²) in [6.07, 6.45) is 2.36. The summed E-state index contributed by atoms with van der Waals surface area (Å²) in [6.45, 7) is 5.35. The molecule has 20 heavy (non-hydrogen) atoms. The Labute approximate surface area is 119 Å². The second-order valence-electron chi connectivity index (χ2n) is 5.23. The van der Waals surface area contributed by atoms with Gasteiger partial charge in [0.05, 0.1) is 0 Å². The quantitative estimate of drug-likeness (QED) is 0.822. The molecule has 0 bridgehead atoms. The van der Waals surface area contributed by atoms with Gasteiger partial charge in [-0.25, -0.2) is 0 Å². The third kappa shape index (κ3) is 3.22. The van der Waals surface area contributed by atoms with Gasteiger partial charge in [-0.3, -0.25) is 0 Å². The van der Waals surface area contributed by atoms with Crippen LogP contribution in [0, 0.1) is 5.92 Å². The highest BCUT2D eigenvalue weighted by molar-refractivity contribution is 5.42. The van der Waals surface area contributed by atoms with E-state index in [1.54, 1.807) is 0 Å². The molecule has 0 saturated heterocycles. The average molecular weight is 277 g/mol. The molecule has 2 aromatic rings. The van der Waals surface area contributed by atoms with Gasteiger partial charge in [-0.15, -0.1) is 14.8 Å². The Kier molecular flexibility index (Phi) is 4.84. The van der Waals surface area contributed by atoms with Crippen LogP contribution in [0.1, 0.15) is 26.7 Å². The smallest absolute Gasteiger partial charge is 0.200 e. The predicted octanol–water partition coefficient (Wildman–Crippen LogP) is 1.30. The number of hydrogen-bond acceptors (Lipinski definition) is 6. The first-order chi connectivity index (χ1) is 9.65. The van der Waals surface area contributed by atoms with Gasteiger partial charge >= 0.3 is 0 Å². The van der Waals surface area contributed by atoms with Gasteiger partial charge in [-0.2, -0.15) is 0 Å². The fourth-order valence-corrected chi connectivity index (χ4v) is 2.56. The summed E-state index contributed by atoms with van der Waals surface area (Å²) in [7, 11) is 4.26. The Morgan fingerprint density at radius 1 is 1.25 bits per heavy atom. The Bertz CT molecular complexity index is 532. The molecule has 0 saturated carbocycles. The first-order valence-electron chi connectivity index (χ1n) is 7.11. The third-order valence-electron chi connectivity index (χ3n) is 3.82. The molecule has 0 aliphatic carbocycles. The molecule has 0 unspecified atom stereocenters. The first kappa shape index (κ1) is 14.6. The Morgan fingerprint density at radius 3 is 2.65 bits per heavy atom. The normalized spacial score (nSPS) is 13.3. The van der Waals surface area contributed by atoms with Gasteiger partial charge in [-0.05, 0) is 42.6 Å². The third-order valence-corrected chi connectivity index (χ3v) is 3.82. The second-order valence-corrected chi connectivity index (χ2v) is 5.23. The van der Waals surface area contributed by atoms with Crippen LogP contribution < -0.4 is 5.32 Å². The van der Waals surface area contributed by atoms with Crippen molar-refractivity contribution in [2.45, 2.75) is 32.7 Å². The van der Waals surface area contributed by atoms with Crippen LogP contribution >= 0.6 is 0 Å². The minimum atomic E-state index is 0.483. The van der Waals surface area contributed by atoms with Crippen molar-refractivity contribution in [1.29, 1.82) is 0 Å². The molecule has 1 atom stereocenters. The van der Waals surface area contributed by atoms with Gasteiger partial charge in [0, 0.05) is 12.6 Å². The lowest BCUT2D eigenvalue weighted by atomic mass is 9.93. The van der Waals surface area contributed by atoms with E-state index in [-0.39, 0.29) is 0 Å². The van der Waals surface area contributed by atoms with Crippen molar-refractivity contribution in [3.05, 3.63) is 12.1 Å². The summed E-state index contributed by atoms with van der Waals surface area (Å²) < 4.78 is 1.43. The number of anilines is 1. The molecule has 0 amide bonds. The van der Waals surface area contributed by atoms with Crippen LogP contribution in [0.15, 0.2) is 12.1 Å². The fourth-order valence-electron chi connectivity index (χ4n) is 2.56. The number of likely N-dealkylation sites (N-methyl/N-ethyl adjacent to an activating group) is 1. The van der Waals surface area contributed by atoms with E-state index in [0.29, 0.717) is 17.6 Å². The van der Waals surface area contributed by atoms with Crippen LogP contribution in [0.3, 0.4) is 0 Å². The lowest BCUT2D eigenvalue weighted by Gasteiger charge is -2.31. The highest BCUT2D eigenvalue weighted by Gasteiger charge is 2.20. The standard InChI is InChI=1S/C13H23N7/c1-5-10(6-2)11(19(3)4)9-14-12-7-8-13-15-17-18-20(13)16-12/h7-8,10-11H,5-6,9H2,1-4H3,(H,14,16)/t11-/m0/s1. The van der Waals surface area contributed by atoms with E-state index < -0.39 is 0 Å². The van der Waals surface area contributed by atoms with E-state index in [0.717, 1.165) is 12.4 Å². The van der Waals surface area contributed by atoms with Crippen LogP contribution in [-0.2, 0) is 0 Å². The Morgan fingerprint density at radius 2 is 2.00 bits per heavy atom. The molecule has 0 aliphatic rings. The zero-order chi connectivity index (χ0) is 14.5. The van der Waals surface area contributed by atoms with E-state index in [1.165, 1.54) is 17.5 Å². The summed E-state index contributed by atoms with van der Waals surface area (Å²) in [6, 6.07) is 4.25. The molecule has 0 radical (unpaired) electrons. The Balaban J connectivity index is 2.04. The zero-order valence-corrected chi connectivity index (χ0v) is 12.6. The zero-order valence-electron chi connectivity index (χ0n) is 12.6. The molecule has 0 spiro atoms. The number of nitrogens with zero attached hydrogens (tertiary/aromatic N) is 6. The molecule has 0 aliphatic heterocycles. The van der Waals surface area contributed by atoms with Crippen molar-refractivity contribution in [3.8, 4) is 0 Å². The average Bonchev–Trinajstić information content (AvgIpc) is 2.90. The summed E-state index contributed by atoms with van der Waals surface area (Å²) in [5.74, 6) is 1.47. The molecule has 7 heteroatoms. The van der Waals surface area contributed by atoms with E-state index in [1.807, 2.05) is 12.1 Å². The summed E-state index contributed by atoms with van der Waals surface area (Å²) in [4.78, 5) is 2.28. The SMILES string of the molecule is CCC(CC)[C@H](CNc1ccc2nnnn2n1)N(C)C.